The fourth-order valence-electron chi connectivity index (χ4n) is 8.22. The lowest BCUT2D eigenvalue weighted by Gasteiger charge is -2.35. The van der Waals surface area contributed by atoms with E-state index < -0.39 is 34.4 Å². The zero-order valence-corrected chi connectivity index (χ0v) is 32.9. The molecule has 2 aliphatic rings. The fourth-order valence-corrected chi connectivity index (χ4v) is 8.22. The molecule has 6 aromatic rings. The van der Waals surface area contributed by atoms with Gasteiger partial charge >= 0.3 is 0 Å². The minimum Gasteiger partial charge on any atom is -0.342 e. The van der Waals surface area contributed by atoms with Crippen molar-refractivity contribution in [2.45, 2.75) is 52.0 Å². The standard InChI is InChI=1S/C23H23F2N3O2.C23H22F2N2O2.2H2/c1-15-17(23(30)26-19-8-7-18(24)22(25)21(15)19)13-20(29)28-11-9-27(10-12-28)14-16-5-3-2-4-6-16;1-14-17(23(29)26-19-8-7-18(24)22(25)21(14)19)13-20(28)27-11-9-16(10-12-27)15-5-3-2-4-6-15;;/h2-8H,9-14H2,1H3,(H,26,30);2-8,16H,9-13H2,1H3,(H,26,29);2*1H. The van der Waals surface area contributed by atoms with Crippen molar-refractivity contribution < 1.29 is 30.0 Å². The second kappa shape index (κ2) is 17.8. The number of rotatable bonds is 7. The Morgan fingerprint density at radius 1 is 0.610 bits per heavy atom. The van der Waals surface area contributed by atoms with Crippen LogP contribution in [0.25, 0.3) is 21.8 Å². The molecule has 0 bridgehead atoms. The van der Waals surface area contributed by atoms with Crippen molar-refractivity contribution in [3.63, 3.8) is 0 Å². The number of likely N-dealkylation sites (tertiary alicyclic amines) is 1. The number of aromatic amines is 2. The smallest absolute Gasteiger partial charge is 0.252 e. The second-order valence-corrected chi connectivity index (χ2v) is 15.2. The first kappa shape index (κ1) is 41.1. The Labute approximate surface area is 341 Å². The summed E-state index contributed by atoms with van der Waals surface area (Å²) in [5, 5.41) is 0.0419. The Kier molecular flexibility index (Phi) is 12.4. The highest BCUT2D eigenvalue weighted by Gasteiger charge is 2.27. The highest BCUT2D eigenvalue weighted by Crippen LogP contribution is 2.29. The molecule has 13 heteroatoms. The molecule has 2 N–H and O–H groups in total. The van der Waals surface area contributed by atoms with Crippen LogP contribution < -0.4 is 11.1 Å². The van der Waals surface area contributed by atoms with E-state index in [1.807, 2.05) is 36.4 Å². The van der Waals surface area contributed by atoms with Gasteiger partial charge in [0.1, 0.15) is 0 Å². The van der Waals surface area contributed by atoms with E-state index in [0.29, 0.717) is 43.2 Å². The number of carbonyl (C=O) groups excluding carboxylic acids is 2. The molecule has 0 saturated carbocycles. The van der Waals surface area contributed by atoms with Crippen LogP contribution in [0.3, 0.4) is 0 Å². The lowest BCUT2D eigenvalue weighted by atomic mass is 9.89. The first-order chi connectivity index (χ1) is 28.4. The first-order valence-electron chi connectivity index (χ1n) is 19.7. The molecule has 2 aliphatic heterocycles. The molecule has 8 rings (SSSR count). The zero-order chi connectivity index (χ0) is 41.8. The van der Waals surface area contributed by atoms with Gasteiger partial charge < -0.3 is 19.8 Å². The molecule has 0 atom stereocenters. The van der Waals surface area contributed by atoms with Gasteiger partial charge in [-0.2, -0.15) is 0 Å². The molecule has 4 heterocycles. The largest absolute Gasteiger partial charge is 0.342 e. The van der Waals surface area contributed by atoms with Gasteiger partial charge in [0.15, 0.2) is 23.3 Å². The molecule has 59 heavy (non-hydrogen) atoms. The molecule has 9 nitrogen and oxygen atoms in total. The number of hydrogen-bond donors (Lipinski definition) is 2. The fraction of sp³-hybridized carbons (Fsp3) is 0.304. The predicted molar refractivity (Wildman–Crippen MR) is 223 cm³/mol. The third-order valence-corrected chi connectivity index (χ3v) is 11.6. The minimum atomic E-state index is -1.01. The van der Waals surface area contributed by atoms with Crippen molar-refractivity contribution in [2.24, 2.45) is 0 Å². The van der Waals surface area contributed by atoms with Crippen LogP contribution in [0.2, 0.25) is 0 Å². The van der Waals surface area contributed by atoms with E-state index >= 15 is 0 Å². The van der Waals surface area contributed by atoms with Crippen LogP contribution >= 0.6 is 0 Å². The molecule has 2 fully saturated rings. The van der Waals surface area contributed by atoms with Crippen molar-refractivity contribution in [3.8, 4) is 0 Å². The van der Waals surface area contributed by atoms with Gasteiger partial charge in [-0.15, -0.1) is 0 Å². The average molecular weight is 812 g/mol. The van der Waals surface area contributed by atoms with Gasteiger partial charge in [0, 0.05) is 70.6 Å². The number of aromatic nitrogens is 2. The minimum absolute atomic E-state index is 0. The maximum atomic E-state index is 14.3. The second-order valence-electron chi connectivity index (χ2n) is 15.2. The number of aryl methyl sites for hydroxylation is 2. The van der Waals surface area contributed by atoms with Gasteiger partial charge in [0.2, 0.25) is 11.8 Å². The number of amides is 2. The molecule has 0 radical (unpaired) electrons. The predicted octanol–water partition coefficient (Wildman–Crippen LogP) is 7.56. The van der Waals surface area contributed by atoms with Crippen LogP contribution in [0.15, 0.2) is 94.5 Å². The van der Waals surface area contributed by atoms with Gasteiger partial charge in [-0.05, 0) is 79.1 Å². The maximum absolute atomic E-state index is 14.3. The van der Waals surface area contributed by atoms with Gasteiger partial charge in [-0.3, -0.25) is 24.1 Å². The highest BCUT2D eigenvalue weighted by atomic mass is 19.2. The number of pyridine rings is 2. The van der Waals surface area contributed by atoms with Crippen molar-refractivity contribution in [1.82, 2.24) is 24.7 Å². The molecular formula is C46H49F4N5O4. The number of nitrogens with zero attached hydrogens (tertiary/aromatic N) is 3. The van der Waals surface area contributed by atoms with Crippen molar-refractivity contribution >= 4 is 33.6 Å². The number of piperazine rings is 1. The highest BCUT2D eigenvalue weighted by molar-refractivity contribution is 5.87. The molecule has 4 aromatic carbocycles. The molecule has 0 aliphatic carbocycles. The number of fused-ring (bicyclic) bond motifs is 2. The number of halogens is 4. The van der Waals surface area contributed by atoms with Crippen LogP contribution in [-0.2, 0) is 29.0 Å². The quantitative estimate of drug-likeness (QED) is 0.162. The van der Waals surface area contributed by atoms with Gasteiger partial charge in [-0.1, -0.05) is 60.7 Å². The van der Waals surface area contributed by atoms with E-state index in [1.54, 1.807) is 23.6 Å². The number of piperidine rings is 1. The third kappa shape index (κ3) is 9.00. The molecule has 0 spiro atoms. The zero-order valence-electron chi connectivity index (χ0n) is 32.9. The summed E-state index contributed by atoms with van der Waals surface area (Å²) in [5.74, 6) is -3.90. The number of nitrogens with one attached hydrogen (secondary N) is 2. The summed E-state index contributed by atoms with van der Waals surface area (Å²) in [5.41, 5.74) is 3.07. The van der Waals surface area contributed by atoms with Crippen molar-refractivity contribution in [1.29, 1.82) is 0 Å². The Hall–Kier alpha value is -6.08. The third-order valence-electron chi connectivity index (χ3n) is 11.6. The number of carbonyl (C=O) groups is 2. The van der Waals surface area contributed by atoms with Crippen molar-refractivity contribution in [2.75, 3.05) is 39.3 Å². The average Bonchev–Trinajstić information content (AvgIpc) is 3.24. The lowest BCUT2D eigenvalue weighted by molar-refractivity contribution is -0.132. The summed E-state index contributed by atoms with van der Waals surface area (Å²) in [7, 11) is 0. The summed E-state index contributed by atoms with van der Waals surface area (Å²) in [6.45, 7) is 7.80. The van der Waals surface area contributed by atoms with Crippen LogP contribution in [0.4, 0.5) is 17.6 Å². The van der Waals surface area contributed by atoms with Crippen LogP contribution in [0, 0.1) is 37.1 Å². The topological polar surface area (TPSA) is 110 Å². The Morgan fingerprint density at radius 3 is 1.53 bits per heavy atom. The van der Waals surface area contributed by atoms with Crippen molar-refractivity contribution in [3.05, 3.63) is 162 Å². The van der Waals surface area contributed by atoms with Crippen LogP contribution in [0.5, 0.6) is 0 Å². The SMILES string of the molecule is Cc1c(CC(=O)N2CCC(c3ccccc3)CC2)c(=O)[nH]c2ccc(F)c(F)c12.Cc1c(CC(=O)N2CCN(Cc3ccccc3)CC2)c(=O)[nH]c2ccc(F)c(F)c12.[HH].[HH]. The monoisotopic (exact) mass is 811 g/mol. The summed E-state index contributed by atoms with van der Waals surface area (Å²) in [6, 6.07) is 25.0. The summed E-state index contributed by atoms with van der Waals surface area (Å²) in [4.78, 5) is 61.5. The first-order valence-corrected chi connectivity index (χ1v) is 19.7. The van der Waals surface area contributed by atoms with E-state index in [1.165, 1.54) is 23.3 Å². The van der Waals surface area contributed by atoms with Crippen LogP contribution in [-0.4, -0.2) is 75.8 Å². The Morgan fingerprint density at radius 2 is 1.05 bits per heavy atom. The van der Waals surface area contributed by atoms with E-state index in [-0.39, 0.29) is 60.4 Å². The van der Waals surface area contributed by atoms with E-state index in [2.05, 4.69) is 39.1 Å². The molecular weight excluding hydrogens is 763 g/mol. The van der Waals surface area contributed by atoms with Gasteiger partial charge in [-0.25, -0.2) is 17.6 Å². The van der Waals surface area contributed by atoms with Gasteiger partial charge in [0.25, 0.3) is 11.1 Å². The number of hydrogen-bond acceptors (Lipinski definition) is 5. The molecule has 0 unspecified atom stereocenters. The summed E-state index contributed by atoms with van der Waals surface area (Å²) < 4.78 is 55.9. The molecule has 2 aromatic heterocycles. The molecule has 310 valence electrons. The summed E-state index contributed by atoms with van der Waals surface area (Å²) in [6.07, 6.45) is 1.47. The maximum Gasteiger partial charge on any atom is 0.252 e. The normalized spacial score (nSPS) is 15.0. The van der Waals surface area contributed by atoms with E-state index in [4.69, 9.17) is 0 Å². The van der Waals surface area contributed by atoms with Crippen LogP contribution in [0.1, 0.15) is 55.0 Å². The number of benzene rings is 4. The Balaban J connectivity index is 0.000000224. The van der Waals surface area contributed by atoms with E-state index in [0.717, 1.165) is 44.6 Å². The summed E-state index contributed by atoms with van der Waals surface area (Å²) >= 11 is 0. The Bertz CT molecular complexity index is 2630. The molecule has 2 amide bonds. The molecule has 2 saturated heterocycles. The van der Waals surface area contributed by atoms with E-state index in [9.17, 15) is 36.7 Å². The van der Waals surface area contributed by atoms with Gasteiger partial charge in [0.05, 0.1) is 23.9 Å². The lowest BCUT2D eigenvalue weighted by Crippen LogP contribution is -2.49. The number of H-pyrrole nitrogens is 2.